The maximum absolute atomic E-state index is 13.1. The van der Waals surface area contributed by atoms with Gasteiger partial charge in [-0.3, -0.25) is 0 Å². The minimum absolute atomic E-state index is 0.269. The largest absolute Gasteiger partial charge is 0.244 e. The lowest BCUT2D eigenvalue weighted by atomic mass is 10.1. The number of aromatic nitrogens is 3. The van der Waals surface area contributed by atoms with E-state index in [1.807, 2.05) is 36.4 Å². The Labute approximate surface area is 149 Å². The molecular weight excluding hydrogens is 337 g/mol. The lowest BCUT2D eigenvalue weighted by molar-refractivity contribution is 0.628. The average Bonchev–Trinajstić information content (AvgIpc) is 2.62. The van der Waals surface area contributed by atoms with Crippen molar-refractivity contribution in [3.63, 3.8) is 0 Å². The summed E-state index contributed by atoms with van der Waals surface area (Å²) in [6.45, 7) is 0. The number of fused-ring (bicyclic) bond motifs is 1. The van der Waals surface area contributed by atoms with Crippen LogP contribution in [-0.4, -0.2) is 15.0 Å². The van der Waals surface area contributed by atoms with Crippen molar-refractivity contribution < 1.29 is 4.39 Å². The third kappa shape index (κ3) is 3.35. The number of benzene rings is 2. The van der Waals surface area contributed by atoms with Crippen LogP contribution >= 0.6 is 11.6 Å². The van der Waals surface area contributed by atoms with Crippen molar-refractivity contribution >= 4 is 22.6 Å². The molecule has 0 N–H and O–H groups in total. The molecule has 2 heterocycles. The zero-order chi connectivity index (χ0) is 17.2. The first-order valence-corrected chi connectivity index (χ1v) is 8.18. The van der Waals surface area contributed by atoms with Gasteiger partial charge in [0.05, 0.1) is 16.9 Å². The third-order valence-electron chi connectivity index (χ3n) is 3.96. The Kier molecular flexibility index (Phi) is 4.12. The summed E-state index contributed by atoms with van der Waals surface area (Å²) in [6, 6.07) is 17.7. The van der Waals surface area contributed by atoms with Gasteiger partial charge in [0.15, 0.2) is 0 Å². The van der Waals surface area contributed by atoms with Gasteiger partial charge in [-0.15, -0.1) is 0 Å². The Morgan fingerprint density at radius 2 is 1.76 bits per heavy atom. The van der Waals surface area contributed by atoms with Gasteiger partial charge in [0.1, 0.15) is 17.7 Å². The predicted molar refractivity (Wildman–Crippen MR) is 97.0 cm³/mol. The number of rotatable bonds is 3. The summed E-state index contributed by atoms with van der Waals surface area (Å²) in [5, 5.41) is 0.691. The van der Waals surface area contributed by atoms with Gasteiger partial charge in [-0.25, -0.2) is 19.3 Å². The van der Waals surface area contributed by atoms with E-state index in [4.69, 9.17) is 16.6 Å². The standard InChI is InChI=1S/C20H13ClFN3/c21-15-3-1-2-13(10-15)11-19-20-18(23-12-24-19)9-8-17(25-20)14-4-6-16(22)7-5-14/h1-10,12H,11H2. The molecule has 122 valence electrons. The van der Waals surface area contributed by atoms with Crippen molar-refractivity contribution in [2.24, 2.45) is 0 Å². The molecule has 0 spiro atoms. The number of pyridine rings is 1. The van der Waals surface area contributed by atoms with Crippen molar-refractivity contribution in [2.45, 2.75) is 6.42 Å². The highest BCUT2D eigenvalue weighted by molar-refractivity contribution is 6.30. The average molecular weight is 350 g/mol. The molecule has 0 aliphatic heterocycles. The Morgan fingerprint density at radius 1 is 0.920 bits per heavy atom. The zero-order valence-electron chi connectivity index (χ0n) is 13.2. The molecule has 0 bridgehead atoms. The number of nitrogens with zero attached hydrogens (tertiary/aromatic N) is 3. The Bertz CT molecular complexity index is 1050. The predicted octanol–water partition coefficient (Wildman–Crippen LogP) is 5.08. The fourth-order valence-electron chi connectivity index (χ4n) is 2.74. The molecule has 25 heavy (non-hydrogen) atoms. The van der Waals surface area contributed by atoms with E-state index in [0.29, 0.717) is 11.4 Å². The molecule has 0 saturated heterocycles. The summed E-state index contributed by atoms with van der Waals surface area (Å²) in [5.41, 5.74) is 5.01. The molecule has 0 aliphatic rings. The maximum atomic E-state index is 13.1. The van der Waals surface area contributed by atoms with Crippen LogP contribution in [0.2, 0.25) is 5.02 Å². The highest BCUT2D eigenvalue weighted by atomic mass is 35.5. The van der Waals surface area contributed by atoms with Crippen molar-refractivity contribution in [1.82, 2.24) is 15.0 Å². The highest BCUT2D eigenvalue weighted by Gasteiger charge is 2.09. The lowest BCUT2D eigenvalue weighted by Crippen LogP contribution is -1.98. The molecule has 4 rings (SSSR count). The third-order valence-corrected chi connectivity index (χ3v) is 4.19. The molecular formula is C20H13ClFN3. The van der Waals surface area contributed by atoms with Crippen LogP contribution in [-0.2, 0) is 6.42 Å². The van der Waals surface area contributed by atoms with E-state index in [9.17, 15) is 4.39 Å². The van der Waals surface area contributed by atoms with Crippen molar-refractivity contribution in [1.29, 1.82) is 0 Å². The molecule has 0 unspecified atom stereocenters. The molecule has 0 radical (unpaired) electrons. The Balaban J connectivity index is 1.79. The molecule has 0 aliphatic carbocycles. The van der Waals surface area contributed by atoms with E-state index in [0.717, 1.165) is 33.5 Å². The quantitative estimate of drug-likeness (QED) is 0.518. The molecule has 0 amide bonds. The maximum Gasteiger partial charge on any atom is 0.123 e. The molecule has 4 aromatic rings. The van der Waals surface area contributed by atoms with Crippen LogP contribution in [0, 0.1) is 5.82 Å². The van der Waals surface area contributed by atoms with Crippen molar-refractivity contribution in [2.75, 3.05) is 0 Å². The van der Waals surface area contributed by atoms with Crippen LogP contribution in [0.25, 0.3) is 22.3 Å². The van der Waals surface area contributed by atoms with E-state index in [1.165, 1.54) is 12.1 Å². The van der Waals surface area contributed by atoms with Crippen LogP contribution in [0.4, 0.5) is 4.39 Å². The van der Waals surface area contributed by atoms with Crippen molar-refractivity contribution in [3.05, 3.63) is 89.1 Å². The lowest BCUT2D eigenvalue weighted by Gasteiger charge is -2.07. The van der Waals surface area contributed by atoms with Gasteiger partial charge >= 0.3 is 0 Å². The molecule has 0 fully saturated rings. The minimum Gasteiger partial charge on any atom is -0.244 e. The second-order valence-corrected chi connectivity index (χ2v) is 6.13. The van der Waals surface area contributed by atoms with Crippen LogP contribution in [0.3, 0.4) is 0 Å². The summed E-state index contributed by atoms with van der Waals surface area (Å²) in [5.74, 6) is -0.269. The molecule has 0 saturated carbocycles. The van der Waals surface area contributed by atoms with Gasteiger partial charge < -0.3 is 0 Å². The van der Waals surface area contributed by atoms with E-state index in [2.05, 4.69) is 9.97 Å². The molecule has 2 aromatic heterocycles. The van der Waals surface area contributed by atoms with Gasteiger partial charge in [-0.1, -0.05) is 23.7 Å². The topological polar surface area (TPSA) is 38.7 Å². The molecule has 0 atom stereocenters. The fraction of sp³-hybridized carbons (Fsp3) is 0.0500. The fourth-order valence-corrected chi connectivity index (χ4v) is 2.95. The second kappa shape index (κ2) is 6.57. The van der Waals surface area contributed by atoms with E-state index in [1.54, 1.807) is 18.5 Å². The van der Waals surface area contributed by atoms with Crippen LogP contribution < -0.4 is 0 Å². The minimum atomic E-state index is -0.269. The molecule has 2 aromatic carbocycles. The molecule has 5 heteroatoms. The summed E-state index contributed by atoms with van der Waals surface area (Å²) in [6.07, 6.45) is 2.15. The van der Waals surface area contributed by atoms with Crippen LogP contribution in [0.5, 0.6) is 0 Å². The summed E-state index contributed by atoms with van der Waals surface area (Å²) in [4.78, 5) is 13.4. The first-order chi connectivity index (χ1) is 12.2. The summed E-state index contributed by atoms with van der Waals surface area (Å²) < 4.78 is 13.1. The second-order valence-electron chi connectivity index (χ2n) is 5.70. The van der Waals surface area contributed by atoms with Crippen LogP contribution in [0.15, 0.2) is 67.0 Å². The summed E-state index contributed by atoms with van der Waals surface area (Å²) >= 11 is 6.07. The molecule has 3 nitrogen and oxygen atoms in total. The van der Waals surface area contributed by atoms with Crippen LogP contribution in [0.1, 0.15) is 11.3 Å². The van der Waals surface area contributed by atoms with E-state index in [-0.39, 0.29) is 5.82 Å². The normalized spacial score (nSPS) is 11.0. The first kappa shape index (κ1) is 15.7. The van der Waals surface area contributed by atoms with Gasteiger partial charge in [-0.05, 0) is 54.1 Å². The van der Waals surface area contributed by atoms with E-state index >= 15 is 0 Å². The van der Waals surface area contributed by atoms with Gasteiger partial charge in [0.2, 0.25) is 0 Å². The number of halogens is 2. The summed E-state index contributed by atoms with van der Waals surface area (Å²) in [7, 11) is 0. The van der Waals surface area contributed by atoms with Crippen molar-refractivity contribution in [3.8, 4) is 11.3 Å². The smallest absolute Gasteiger partial charge is 0.123 e. The Morgan fingerprint density at radius 3 is 2.56 bits per heavy atom. The number of hydrogen-bond acceptors (Lipinski definition) is 3. The van der Waals surface area contributed by atoms with Gasteiger partial charge in [0.25, 0.3) is 0 Å². The van der Waals surface area contributed by atoms with Gasteiger partial charge in [-0.2, -0.15) is 0 Å². The first-order valence-electron chi connectivity index (χ1n) is 7.80. The SMILES string of the molecule is Fc1ccc(-c2ccc3ncnc(Cc4cccc(Cl)c4)c3n2)cc1. The monoisotopic (exact) mass is 349 g/mol. The Hall–Kier alpha value is -2.85. The zero-order valence-corrected chi connectivity index (χ0v) is 13.9. The highest BCUT2D eigenvalue weighted by Crippen LogP contribution is 2.23. The number of hydrogen-bond donors (Lipinski definition) is 0. The van der Waals surface area contributed by atoms with Gasteiger partial charge in [0, 0.05) is 17.0 Å². The van der Waals surface area contributed by atoms with E-state index < -0.39 is 0 Å².